The predicted molar refractivity (Wildman–Crippen MR) is 74.5 cm³/mol. The van der Waals surface area contributed by atoms with Crippen molar-refractivity contribution in [2.45, 2.75) is 39.3 Å². The van der Waals surface area contributed by atoms with Crippen LogP contribution in [0, 0.1) is 0 Å². The van der Waals surface area contributed by atoms with E-state index in [9.17, 15) is 4.79 Å². The molecule has 1 rings (SSSR count). The fourth-order valence-corrected chi connectivity index (χ4v) is 3.28. The zero-order chi connectivity index (χ0) is 13.0. The Morgan fingerprint density at radius 2 is 2.18 bits per heavy atom. The molecule has 0 aromatic carbocycles. The summed E-state index contributed by atoms with van der Waals surface area (Å²) in [6.07, 6.45) is 0.949. The van der Waals surface area contributed by atoms with Crippen LogP contribution < -0.4 is 0 Å². The molecule has 0 radical (unpaired) electrons. The van der Waals surface area contributed by atoms with Gasteiger partial charge in [0.25, 0.3) is 0 Å². The quantitative estimate of drug-likeness (QED) is 0.868. The van der Waals surface area contributed by atoms with E-state index in [4.69, 9.17) is 5.11 Å². The third-order valence-corrected chi connectivity index (χ3v) is 4.77. The van der Waals surface area contributed by atoms with Gasteiger partial charge in [-0.25, -0.2) is 0 Å². The van der Waals surface area contributed by atoms with E-state index in [0.717, 1.165) is 10.2 Å². The van der Waals surface area contributed by atoms with E-state index >= 15 is 0 Å². The van der Waals surface area contributed by atoms with Gasteiger partial charge in [0.05, 0.1) is 10.3 Å². The first-order chi connectivity index (χ1) is 7.95. The Balaban J connectivity index is 2.85. The molecule has 1 N–H and O–H groups in total. The van der Waals surface area contributed by atoms with Gasteiger partial charge in [-0.1, -0.05) is 6.92 Å². The van der Waals surface area contributed by atoms with Crippen LogP contribution in [0.25, 0.3) is 0 Å². The molecule has 0 spiro atoms. The van der Waals surface area contributed by atoms with Crippen molar-refractivity contribution < 1.29 is 9.90 Å². The van der Waals surface area contributed by atoms with Crippen molar-refractivity contribution in [2.24, 2.45) is 0 Å². The van der Waals surface area contributed by atoms with E-state index in [1.165, 1.54) is 4.88 Å². The van der Waals surface area contributed by atoms with E-state index in [0.29, 0.717) is 0 Å². The number of carboxylic acid groups (broad SMARTS) is 1. The molecule has 0 aliphatic heterocycles. The fourth-order valence-electron chi connectivity index (χ4n) is 1.78. The topological polar surface area (TPSA) is 40.5 Å². The molecule has 0 aliphatic rings. The summed E-state index contributed by atoms with van der Waals surface area (Å²) in [4.78, 5) is 14.1. The van der Waals surface area contributed by atoms with Crippen molar-refractivity contribution >= 4 is 33.2 Å². The minimum absolute atomic E-state index is 0.0890. The molecule has 2 atom stereocenters. The Kier molecular flexibility index (Phi) is 5.62. The van der Waals surface area contributed by atoms with Crippen LogP contribution in [-0.2, 0) is 4.79 Å². The minimum Gasteiger partial charge on any atom is -0.480 e. The molecule has 0 amide bonds. The van der Waals surface area contributed by atoms with Crippen LogP contribution in [0.15, 0.2) is 15.9 Å². The highest BCUT2D eigenvalue weighted by Crippen LogP contribution is 2.31. The second kappa shape index (κ2) is 6.52. The van der Waals surface area contributed by atoms with E-state index in [-0.39, 0.29) is 18.6 Å². The number of carbonyl (C=O) groups is 1. The predicted octanol–water partition coefficient (Wildman–Crippen LogP) is 3.76. The van der Waals surface area contributed by atoms with Gasteiger partial charge in [0.1, 0.15) is 0 Å². The Morgan fingerprint density at radius 3 is 2.59 bits per heavy atom. The molecule has 3 nitrogen and oxygen atoms in total. The van der Waals surface area contributed by atoms with Crippen LogP contribution in [0.2, 0.25) is 0 Å². The number of halogens is 1. The highest BCUT2D eigenvalue weighted by molar-refractivity contribution is 9.11. The number of hydrogen-bond acceptors (Lipinski definition) is 3. The van der Waals surface area contributed by atoms with Gasteiger partial charge < -0.3 is 5.11 Å². The Morgan fingerprint density at radius 1 is 1.53 bits per heavy atom. The average Bonchev–Trinajstić information content (AvgIpc) is 2.70. The first-order valence-corrected chi connectivity index (χ1v) is 7.29. The average molecular weight is 320 g/mol. The van der Waals surface area contributed by atoms with E-state index in [1.807, 2.05) is 11.0 Å². The van der Waals surface area contributed by atoms with Crippen molar-refractivity contribution in [3.8, 4) is 0 Å². The van der Waals surface area contributed by atoms with E-state index < -0.39 is 5.97 Å². The lowest BCUT2D eigenvalue weighted by molar-refractivity contribution is -0.139. The number of rotatable bonds is 6. The van der Waals surface area contributed by atoms with Gasteiger partial charge in [-0.2, -0.15) is 0 Å². The summed E-state index contributed by atoms with van der Waals surface area (Å²) in [7, 11) is 0. The van der Waals surface area contributed by atoms with Gasteiger partial charge in [0.2, 0.25) is 0 Å². The van der Waals surface area contributed by atoms with E-state index in [1.54, 1.807) is 11.3 Å². The first kappa shape index (κ1) is 14.7. The largest absolute Gasteiger partial charge is 0.480 e. The SMILES string of the molecule is CCC(C)N(CC(=O)O)C(C)c1ccc(Br)s1. The molecule has 5 heteroatoms. The number of hydrogen-bond donors (Lipinski definition) is 1. The summed E-state index contributed by atoms with van der Waals surface area (Å²) in [6, 6.07) is 4.46. The highest BCUT2D eigenvalue weighted by atomic mass is 79.9. The lowest BCUT2D eigenvalue weighted by Gasteiger charge is -2.32. The maximum Gasteiger partial charge on any atom is 0.317 e. The van der Waals surface area contributed by atoms with Gasteiger partial charge in [-0.05, 0) is 48.3 Å². The highest BCUT2D eigenvalue weighted by Gasteiger charge is 2.23. The lowest BCUT2D eigenvalue weighted by atomic mass is 10.1. The van der Waals surface area contributed by atoms with Gasteiger partial charge in [0, 0.05) is 17.0 Å². The Labute approximate surface area is 115 Å². The summed E-state index contributed by atoms with van der Waals surface area (Å²) < 4.78 is 1.08. The van der Waals surface area contributed by atoms with Gasteiger partial charge in [-0.15, -0.1) is 11.3 Å². The molecule has 0 aliphatic carbocycles. The van der Waals surface area contributed by atoms with Crippen molar-refractivity contribution in [1.29, 1.82) is 0 Å². The molecule has 1 aromatic rings. The maximum atomic E-state index is 10.9. The summed E-state index contributed by atoms with van der Waals surface area (Å²) >= 11 is 5.10. The number of carboxylic acids is 1. The van der Waals surface area contributed by atoms with Gasteiger partial charge >= 0.3 is 5.97 Å². The molecule has 2 unspecified atom stereocenters. The van der Waals surface area contributed by atoms with Crippen molar-refractivity contribution in [2.75, 3.05) is 6.54 Å². The second-order valence-corrected chi connectivity index (χ2v) is 6.64. The molecule has 0 saturated carbocycles. The summed E-state index contributed by atoms with van der Waals surface area (Å²) in [5.74, 6) is -0.771. The zero-order valence-corrected chi connectivity index (χ0v) is 12.7. The van der Waals surface area contributed by atoms with Crippen LogP contribution in [0.5, 0.6) is 0 Å². The van der Waals surface area contributed by atoms with E-state index in [2.05, 4.69) is 42.8 Å². The lowest BCUT2D eigenvalue weighted by Crippen LogP contribution is -2.38. The molecular formula is C12H18BrNO2S. The first-order valence-electron chi connectivity index (χ1n) is 5.68. The number of aliphatic carboxylic acids is 1. The molecule has 17 heavy (non-hydrogen) atoms. The number of nitrogens with zero attached hydrogens (tertiary/aromatic N) is 1. The van der Waals surface area contributed by atoms with Crippen molar-refractivity contribution in [3.05, 3.63) is 20.8 Å². The number of thiophene rings is 1. The monoisotopic (exact) mass is 319 g/mol. The molecule has 1 aromatic heterocycles. The second-order valence-electron chi connectivity index (χ2n) is 4.14. The standard InChI is InChI=1S/C12H18BrNO2S/c1-4-8(2)14(7-12(15)16)9(3)10-5-6-11(13)17-10/h5-6,8-9H,4,7H2,1-3H3,(H,15,16). The molecule has 0 bridgehead atoms. The Hall–Kier alpha value is -0.390. The van der Waals surface area contributed by atoms with Crippen LogP contribution >= 0.6 is 27.3 Å². The molecule has 1 heterocycles. The third kappa shape index (κ3) is 4.08. The summed E-state index contributed by atoms with van der Waals surface area (Å²) in [6.45, 7) is 6.30. The smallest absolute Gasteiger partial charge is 0.317 e. The minimum atomic E-state index is -0.771. The molecule has 96 valence electrons. The fraction of sp³-hybridized carbons (Fsp3) is 0.583. The molecular weight excluding hydrogens is 302 g/mol. The Bertz CT molecular complexity index is 380. The summed E-state index contributed by atoms with van der Waals surface area (Å²) in [5.41, 5.74) is 0. The van der Waals surface area contributed by atoms with Crippen molar-refractivity contribution in [3.63, 3.8) is 0 Å². The van der Waals surface area contributed by atoms with Crippen molar-refractivity contribution in [1.82, 2.24) is 4.90 Å². The molecule has 0 fully saturated rings. The van der Waals surface area contributed by atoms with Gasteiger partial charge in [0.15, 0.2) is 0 Å². The normalized spacial score (nSPS) is 14.9. The van der Waals surface area contributed by atoms with Crippen LogP contribution in [0.4, 0.5) is 0 Å². The van der Waals surface area contributed by atoms with Gasteiger partial charge in [-0.3, -0.25) is 9.69 Å². The van der Waals surface area contributed by atoms with Crippen LogP contribution in [0.1, 0.15) is 38.1 Å². The van der Waals surface area contributed by atoms with Crippen LogP contribution in [0.3, 0.4) is 0 Å². The zero-order valence-electron chi connectivity index (χ0n) is 10.3. The summed E-state index contributed by atoms with van der Waals surface area (Å²) in [5, 5.41) is 8.98. The maximum absolute atomic E-state index is 10.9. The van der Waals surface area contributed by atoms with Crippen LogP contribution in [-0.4, -0.2) is 28.6 Å². The molecule has 0 saturated heterocycles. The third-order valence-electron chi connectivity index (χ3n) is 2.98.